The van der Waals surface area contributed by atoms with E-state index < -0.39 is 0 Å². The molecule has 0 atom stereocenters. The molecule has 0 bridgehead atoms. The predicted molar refractivity (Wildman–Crippen MR) is 149 cm³/mol. The Morgan fingerprint density at radius 1 is 0.605 bits per heavy atom. The third-order valence-electron chi connectivity index (χ3n) is 10.5. The summed E-state index contributed by atoms with van der Waals surface area (Å²) in [5.41, 5.74) is 0.265. The highest BCUT2D eigenvalue weighted by Crippen LogP contribution is 2.49. The van der Waals surface area contributed by atoms with Crippen molar-refractivity contribution in [2.75, 3.05) is 7.05 Å². The second-order valence-electron chi connectivity index (χ2n) is 13.3. The van der Waals surface area contributed by atoms with Crippen LogP contribution < -0.4 is 10.6 Å². The van der Waals surface area contributed by atoms with Crippen molar-refractivity contribution >= 4 is 12.1 Å². The summed E-state index contributed by atoms with van der Waals surface area (Å²) >= 11 is 0. The summed E-state index contributed by atoms with van der Waals surface area (Å²) in [6.45, 7) is 6.36. The lowest BCUT2D eigenvalue weighted by Crippen LogP contribution is -2.43. The van der Waals surface area contributed by atoms with Crippen molar-refractivity contribution in [3.05, 3.63) is 0 Å². The Balaban J connectivity index is 1.10. The molecule has 0 aromatic heterocycles. The molecule has 4 saturated carbocycles. The van der Waals surface area contributed by atoms with Gasteiger partial charge in [0.25, 0.3) is 0 Å². The molecule has 0 spiro atoms. The van der Waals surface area contributed by atoms with Gasteiger partial charge >= 0.3 is 12.1 Å². The fourth-order valence-corrected chi connectivity index (χ4v) is 7.87. The number of carbonyl (C=O) groups excluding carboxylic acids is 2. The fraction of sp³-hybridized carbons (Fsp3) is 0.935. The smallest absolute Gasteiger partial charge is 0.407 e. The zero-order valence-corrected chi connectivity index (χ0v) is 24.5. The third-order valence-corrected chi connectivity index (χ3v) is 10.5. The van der Waals surface area contributed by atoms with Crippen molar-refractivity contribution in [2.24, 2.45) is 17.3 Å². The lowest BCUT2D eigenvalue weighted by molar-refractivity contribution is -0.148. The van der Waals surface area contributed by atoms with Crippen LogP contribution in [0.2, 0.25) is 0 Å². The van der Waals surface area contributed by atoms with Gasteiger partial charge in [-0.05, 0) is 127 Å². The van der Waals surface area contributed by atoms with Gasteiger partial charge in [-0.2, -0.15) is 0 Å². The molecule has 0 saturated heterocycles. The molecule has 218 valence electrons. The molecule has 2 N–H and O–H groups in total. The molecule has 4 aliphatic carbocycles. The van der Waals surface area contributed by atoms with Gasteiger partial charge in [0.1, 0.15) is 12.2 Å². The van der Waals surface area contributed by atoms with Crippen molar-refractivity contribution in [1.29, 1.82) is 0 Å². The van der Waals surface area contributed by atoms with E-state index in [0.29, 0.717) is 30.1 Å². The maximum atomic E-state index is 12.7. The average Bonchev–Trinajstić information content (AvgIpc) is 2.90. The number of carbonyl (C=O) groups is 2. The zero-order chi connectivity index (χ0) is 27.1. The van der Waals surface area contributed by atoms with E-state index >= 15 is 0 Å². The second-order valence-corrected chi connectivity index (χ2v) is 13.3. The van der Waals surface area contributed by atoms with Crippen LogP contribution in [0.1, 0.15) is 124 Å². The standard InChI is InChI=1S/C31H54N2O5/c1-21(34)36-26-13-5-22(6-14-26)31(2,3)23-7-15-29(16-8-23)38-30(35)33-25-11-19-28(20-12-25)37-27-17-9-24(32-4)10-18-27/h22-29,32H,5-20H2,1-4H3,(H,33,35). The van der Waals surface area contributed by atoms with Crippen LogP contribution in [0.5, 0.6) is 0 Å². The normalized spacial score (nSPS) is 36.7. The summed E-state index contributed by atoms with van der Waals surface area (Å²) in [5, 5.41) is 6.54. The highest BCUT2D eigenvalue weighted by Gasteiger charge is 2.41. The van der Waals surface area contributed by atoms with Crippen LogP contribution in [0.3, 0.4) is 0 Å². The summed E-state index contributed by atoms with van der Waals surface area (Å²) in [4.78, 5) is 23.9. The molecule has 7 nitrogen and oxygen atoms in total. The van der Waals surface area contributed by atoms with Gasteiger partial charge in [-0.3, -0.25) is 4.79 Å². The molecule has 4 fully saturated rings. The van der Waals surface area contributed by atoms with E-state index in [2.05, 4.69) is 31.5 Å². The van der Waals surface area contributed by atoms with E-state index in [9.17, 15) is 9.59 Å². The van der Waals surface area contributed by atoms with E-state index in [1.807, 2.05) is 0 Å². The van der Waals surface area contributed by atoms with E-state index in [0.717, 1.165) is 89.9 Å². The number of amides is 1. The third kappa shape index (κ3) is 8.33. The number of nitrogens with one attached hydrogen (secondary N) is 2. The number of hydrogen-bond donors (Lipinski definition) is 2. The molecule has 0 aliphatic heterocycles. The molecule has 0 aromatic rings. The fourth-order valence-electron chi connectivity index (χ4n) is 7.87. The Kier molecular flexibility index (Phi) is 10.8. The first-order valence-corrected chi connectivity index (χ1v) is 15.7. The number of hydrogen-bond acceptors (Lipinski definition) is 6. The van der Waals surface area contributed by atoms with Gasteiger partial charge in [-0.15, -0.1) is 0 Å². The topological polar surface area (TPSA) is 85.9 Å². The Morgan fingerprint density at radius 2 is 1.03 bits per heavy atom. The van der Waals surface area contributed by atoms with Gasteiger partial charge in [-0.1, -0.05) is 13.8 Å². The number of alkyl carbamates (subject to hydrolysis) is 1. The average molecular weight is 535 g/mol. The van der Waals surface area contributed by atoms with Crippen molar-refractivity contribution in [3.8, 4) is 0 Å². The van der Waals surface area contributed by atoms with Gasteiger partial charge in [0, 0.05) is 19.0 Å². The zero-order valence-electron chi connectivity index (χ0n) is 24.5. The summed E-state index contributed by atoms with van der Waals surface area (Å²) in [6.07, 6.45) is 17.8. The summed E-state index contributed by atoms with van der Waals surface area (Å²) < 4.78 is 17.7. The highest BCUT2D eigenvalue weighted by molar-refractivity contribution is 5.67. The van der Waals surface area contributed by atoms with Crippen LogP contribution in [0.15, 0.2) is 0 Å². The first kappa shape index (κ1) is 29.6. The Hall–Kier alpha value is -1.34. The summed E-state index contributed by atoms with van der Waals surface area (Å²) in [6, 6.07) is 0.863. The second kappa shape index (κ2) is 13.8. The molecule has 0 radical (unpaired) electrons. The van der Waals surface area contributed by atoms with Crippen molar-refractivity contribution in [1.82, 2.24) is 10.6 Å². The Labute approximate surface area is 230 Å². The maximum absolute atomic E-state index is 12.7. The van der Waals surface area contributed by atoms with E-state index in [1.165, 1.54) is 19.8 Å². The largest absolute Gasteiger partial charge is 0.463 e. The minimum atomic E-state index is -0.230. The molecular formula is C31H54N2O5. The molecule has 4 rings (SSSR count). The molecule has 7 heteroatoms. The molecule has 1 amide bonds. The van der Waals surface area contributed by atoms with Gasteiger partial charge in [0.15, 0.2) is 0 Å². The number of rotatable bonds is 8. The first-order valence-electron chi connectivity index (χ1n) is 15.7. The SMILES string of the molecule is CNC1CCC(OC2CCC(NC(=O)OC3CCC(C(C)(C)C4CCC(OC(C)=O)CC4)CC3)CC2)CC1. The van der Waals surface area contributed by atoms with Crippen molar-refractivity contribution in [3.63, 3.8) is 0 Å². The van der Waals surface area contributed by atoms with E-state index in [-0.39, 0.29) is 35.7 Å². The van der Waals surface area contributed by atoms with Crippen LogP contribution in [0.4, 0.5) is 4.79 Å². The molecule has 0 unspecified atom stereocenters. The van der Waals surface area contributed by atoms with Crippen LogP contribution in [-0.4, -0.2) is 55.6 Å². The van der Waals surface area contributed by atoms with Crippen LogP contribution in [0.25, 0.3) is 0 Å². The number of esters is 1. The van der Waals surface area contributed by atoms with Crippen molar-refractivity contribution < 1.29 is 23.8 Å². The van der Waals surface area contributed by atoms with E-state index in [4.69, 9.17) is 14.2 Å². The van der Waals surface area contributed by atoms with Crippen LogP contribution >= 0.6 is 0 Å². The van der Waals surface area contributed by atoms with Crippen LogP contribution in [0, 0.1) is 17.3 Å². The molecule has 0 aromatic carbocycles. The minimum Gasteiger partial charge on any atom is -0.463 e. The number of ether oxygens (including phenoxy) is 3. The van der Waals surface area contributed by atoms with Gasteiger partial charge in [0.05, 0.1) is 12.2 Å². The van der Waals surface area contributed by atoms with E-state index in [1.54, 1.807) is 0 Å². The quantitative estimate of drug-likeness (QED) is 0.357. The highest BCUT2D eigenvalue weighted by atomic mass is 16.6. The maximum Gasteiger partial charge on any atom is 0.407 e. The lowest BCUT2D eigenvalue weighted by Gasteiger charge is -2.46. The molecule has 4 aliphatic rings. The van der Waals surface area contributed by atoms with Crippen molar-refractivity contribution in [2.45, 2.75) is 160 Å². The molecular weight excluding hydrogens is 480 g/mol. The summed E-state index contributed by atoms with van der Waals surface area (Å²) in [7, 11) is 2.06. The van der Waals surface area contributed by atoms with Gasteiger partial charge in [0.2, 0.25) is 0 Å². The molecule has 38 heavy (non-hydrogen) atoms. The first-order chi connectivity index (χ1) is 18.2. The summed E-state index contributed by atoms with van der Waals surface area (Å²) in [5.74, 6) is 1.17. The van der Waals surface area contributed by atoms with Gasteiger partial charge < -0.3 is 24.8 Å². The Morgan fingerprint density at radius 3 is 1.47 bits per heavy atom. The minimum absolute atomic E-state index is 0.0363. The predicted octanol–water partition coefficient (Wildman–Crippen LogP) is 6.28. The van der Waals surface area contributed by atoms with Crippen LogP contribution in [-0.2, 0) is 19.0 Å². The Bertz CT molecular complexity index is 741. The van der Waals surface area contributed by atoms with Gasteiger partial charge in [-0.25, -0.2) is 4.79 Å². The lowest BCUT2D eigenvalue weighted by atomic mass is 9.60. The molecule has 0 heterocycles. The monoisotopic (exact) mass is 534 g/mol.